The quantitative estimate of drug-likeness (QED) is 0.0846. The van der Waals surface area contributed by atoms with Gasteiger partial charge in [-0.2, -0.15) is 0 Å². The van der Waals surface area contributed by atoms with E-state index in [1.165, 1.54) is 205 Å². The minimum absolute atomic E-state index is 1.37. The third-order valence-electron chi connectivity index (χ3n) is 7.91. The van der Waals surface area contributed by atoms with Crippen LogP contribution in [0.4, 0.5) is 0 Å². The molecule has 0 bridgehead atoms. The van der Waals surface area contributed by atoms with Crippen molar-refractivity contribution in [1.29, 1.82) is 0 Å². The molecule has 0 N–H and O–H groups in total. The van der Waals surface area contributed by atoms with Crippen LogP contribution in [-0.2, 0) is 0 Å². The largest absolute Gasteiger partial charge is 0.0654 e. The van der Waals surface area contributed by atoms with Crippen LogP contribution in [0.1, 0.15) is 233 Å². The minimum atomic E-state index is 1.37. The molecular weight excluding hydrogens is 432 g/mol. The normalized spacial score (nSPS) is 11.0. The Bertz CT molecular complexity index is 290. The zero-order valence-corrected chi connectivity index (χ0v) is 26.6. The van der Waals surface area contributed by atoms with Gasteiger partial charge in [-0.05, 0) is 0 Å². The average molecular weight is 509 g/mol. The second kappa shape index (κ2) is 39.5. The number of unbranched alkanes of at least 4 members (excludes halogenated alkanes) is 30. The SMILES string of the molecule is CCCCCCCCCCCCCCCCC.CCCCCCCCCCCCCCCCCCC. The third-order valence-corrected chi connectivity index (χ3v) is 7.91. The van der Waals surface area contributed by atoms with Gasteiger partial charge in [0.25, 0.3) is 0 Å². The Balaban J connectivity index is 0. The number of hydrogen-bond acceptors (Lipinski definition) is 0. The summed E-state index contributed by atoms with van der Waals surface area (Å²) in [5, 5.41) is 0. The third kappa shape index (κ3) is 41.1. The molecule has 0 heterocycles. The lowest BCUT2D eigenvalue weighted by Gasteiger charge is -2.03. The standard InChI is InChI=1S/C19H40.C17H36/c1-3-5-7-9-11-13-15-17-19-18-16-14-12-10-8-6-4-2;1-3-5-7-9-11-13-15-17-16-14-12-10-8-6-4-2/h3-19H2,1-2H3;3-17H2,1-2H3. The fourth-order valence-corrected chi connectivity index (χ4v) is 5.24. The second-order valence-corrected chi connectivity index (χ2v) is 11.9. The molecule has 0 heteroatoms. The van der Waals surface area contributed by atoms with E-state index < -0.39 is 0 Å². The topological polar surface area (TPSA) is 0 Å². The molecular formula is C36H76. The van der Waals surface area contributed by atoms with Gasteiger partial charge in [0.2, 0.25) is 0 Å². The van der Waals surface area contributed by atoms with Gasteiger partial charge in [0.05, 0.1) is 0 Å². The first-order valence-electron chi connectivity index (χ1n) is 17.8. The zero-order valence-electron chi connectivity index (χ0n) is 26.6. The maximum absolute atomic E-state index is 2.30. The van der Waals surface area contributed by atoms with E-state index in [-0.39, 0.29) is 0 Å². The van der Waals surface area contributed by atoms with Crippen molar-refractivity contribution in [3.05, 3.63) is 0 Å². The van der Waals surface area contributed by atoms with Crippen molar-refractivity contribution >= 4 is 0 Å². The van der Waals surface area contributed by atoms with E-state index in [1.807, 2.05) is 0 Å². The van der Waals surface area contributed by atoms with Gasteiger partial charge in [-0.25, -0.2) is 0 Å². The Kier molecular flexibility index (Phi) is 41.9. The van der Waals surface area contributed by atoms with Crippen LogP contribution in [0.15, 0.2) is 0 Å². The van der Waals surface area contributed by atoms with Crippen molar-refractivity contribution in [1.82, 2.24) is 0 Å². The van der Waals surface area contributed by atoms with E-state index in [2.05, 4.69) is 27.7 Å². The molecule has 0 aliphatic heterocycles. The van der Waals surface area contributed by atoms with Crippen molar-refractivity contribution in [2.24, 2.45) is 0 Å². The summed E-state index contributed by atoms with van der Waals surface area (Å²) in [5.41, 5.74) is 0. The maximum atomic E-state index is 2.30. The van der Waals surface area contributed by atoms with Crippen LogP contribution in [0.3, 0.4) is 0 Å². The van der Waals surface area contributed by atoms with E-state index in [4.69, 9.17) is 0 Å². The van der Waals surface area contributed by atoms with E-state index in [9.17, 15) is 0 Å². The first-order chi connectivity index (χ1) is 17.8. The van der Waals surface area contributed by atoms with Gasteiger partial charge in [0.15, 0.2) is 0 Å². The highest BCUT2D eigenvalue weighted by molar-refractivity contribution is 4.50. The summed E-state index contributed by atoms with van der Waals surface area (Å²) in [4.78, 5) is 0. The molecule has 0 unspecified atom stereocenters. The summed E-state index contributed by atoms with van der Waals surface area (Å²) in [7, 11) is 0. The van der Waals surface area contributed by atoms with E-state index >= 15 is 0 Å². The van der Waals surface area contributed by atoms with Crippen LogP contribution in [0, 0.1) is 0 Å². The highest BCUT2D eigenvalue weighted by Crippen LogP contribution is 2.15. The van der Waals surface area contributed by atoms with Gasteiger partial charge in [-0.3, -0.25) is 0 Å². The fraction of sp³-hybridized carbons (Fsp3) is 1.00. The summed E-state index contributed by atoms with van der Waals surface area (Å²) in [6, 6.07) is 0. The minimum Gasteiger partial charge on any atom is -0.0654 e. The molecule has 0 aromatic carbocycles. The molecule has 0 atom stereocenters. The van der Waals surface area contributed by atoms with Gasteiger partial charge in [-0.1, -0.05) is 233 Å². The van der Waals surface area contributed by atoms with Crippen LogP contribution in [0.2, 0.25) is 0 Å². The molecule has 0 fully saturated rings. The summed E-state index contributed by atoms with van der Waals surface area (Å²) in [6.07, 6.45) is 46.8. The van der Waals surface area contributed by atoms with Crippen molar-refractivity contribution < 1.29 is 0 Å². The number of rotatable bonds is 30. The predicted molar refractivity (Wildman–Crippen MR) is 170 cm³/mol. The monoisotopic (exact) mass is 509 g/mol. The van der Waals surface area contributed by atoms with Crippen LogP contribution in [0.5, 0.6) is 0 Å². The van der Waals surface area contributed by atoms with Crippen molar-refractivity contribution in [3.8, 4) is 0 Å². The van der Waals surface area contributed by atoms with Crippen molar-refractivity contribution in [3.63, 3.8) is 0 Å². The molecule has 0 nitrogen and oxygen atoms in total. The molecule has 0 aromatic rings. The lowest BCUT2D eigenvalue weighted by atomic mass is 10.0. The molecule has 0 amide bonds. The molecule has 0 spiro atoms. The van der Waals surface area contributed by atoms with Crippen LogP contribution in [0.25, 0.3) is 0 Å². The molecule has 0 aromatic heterocycles. The molecule has 0 radical (unpaired) electrons. The van der Waals surface area contributed by atoms with Crippen molar-refractivity contribution in [2.45, 2.75) is 233 Å². The summed E-state index contributed by atoms with van der Waals surface area (Å²) in [5.74, 6) is 0. The molecule has 36 heavy (non-hydrogen) atoms. The molecule has 0 rings (SSSR count). The first-order valence-corrected chi connectivity index (χ1v) is 17.8. The molecule has 0 saturated carbocycles. The Labute approximate surface area is 233 Å². The van der Waals surface area contributed by atoms with Gasteiger partial charge in [0, 0.05) is 0 Å². The summed E-state index contributed by atoms with van der Waals surface area (Å²) in [6.45, 7) is 9.18. The Morgan fingerprint density at radius 1 is 0.139 bits per heavy atom. The Morgan fingerprint density at radius 3 is 0.306 bits per heavy atom. The molecule has 0 aliphatic carbocycles. The lowest BCUT2D eigenvalue weighted by molar-refractivity contribution is 0.529. The lowest BCUT2D eigenvalue weighted by Crippen LogP contribution is -1.83. The summed E-state index contributed by atoms with van der Waals surface area (Å²) >= 11 is 0. The van der Waals surface area contributed by atoms with Crippen LogP contribution in [-0.4, -0.2) is 0 Å². The maximum Gasteiger partial charge on any atom is -0.0533 e. The molecule has 220 valence electrons. The smallest absolute Gasteiger partial charge is 0.0533 e. The van der Waals surface area contributed by atoms with Gasteiger partial charge in [-0.15, -0.1) is 0 Å². The highest BCUT2D eigenvalue weighted by atomic mass is 14.0. The first kappa shape index (κ1) is 38.1. The second-order valence-electron chi connectivity index (χ2n) is 11.9. The van der Waals surface area contributed by atoms with Crippen LogP contribution >= 0.6 is 0 Å². The van der Waals surface area contributed by atoms with Crippen molar-refractivity contribution in [2.75, 3.05) is 0 Å². The average Bonchev–Trinajstić information content (AvgIpc) is 2.89. The van der Waals surface area contributed by atoms with E-state index in [0.717, 1.165) is 0 Å². The van der Waals surface area contributed by atoms with E-state index in [1.54, 1.807) is 0 Å². The Hall–Kier alpha value is 0. The highest BCUT2D eigenvalue weighted by Gasteiger charge is 1.95. The van der Waals surface area contributed by atoms with Gasteiger partial charge < -0.3 is 0 Å². The zero-order chi connectivity index (χ0) is 26.6. The fourth-order valence-electron chi connectivity index (χ4n) is 5.24. The van der Waals surface area contributed by atoms with E-state index in [0.29, 0.717) is 0 Å². The molecule has 0 aliphatic rings. The number of hydrogen-bond donors (Lipinski definition) is 0. The van der Waals surface area contributed by atoms with Gasteiger partial charge >= 0.3 is 0 Å². The predicted octanol–water partition coefficient (Wildman–Crippen LogP) is 14.5. The summed E-state index contributed by atoms with van der Waals surface area (Å²) < 4.78 is 0. The Morgan fingerprint density at radius 2 is 0.222 bits per heavy atom. The van der Waals surface area contributed by atoms with Crippen LogP contribution < -0.4 is 0 Å². The van der Waals surface area contributed by atoms with Gasteiger partial charge in [0.1, 0.15) is 0 Å². The molecule has 0 saturated heterocycles.